The molecule has 0 aromatic rings. The highest BCUT2D eigenvalue weighted by Gasteiger charge is 2.10. The van der Waals surface area contributed by atoms with Crippen LogP contribution in [-0.2, 0) is 9.47 Å². The molecule has 1 saturated heterocycles. The topological polar surface area (TPSA) is 30.5 Å². The van der Waals surface area contributed by atoms with Crippen LogP contribution in [0.15, 0.2) is 0 Å². The Morgan fingerprint density at radius 3 is 2.94 bits per heavy atom. The number of ether oxygens (including phenoxy) is 2. The summed E-state index contributed by atoms with van der Waals surface area (Å²) in [5.41, 5.74) is 0. The molecule has 0 aromatic heterocycles. The second-order valence-corrected chi connectivity index (χ2v) is 4.82. The van der Waals surface area contributed by atoms with E-state index in [-0.39, 0.29) is 0 Å². The molecule has 1 rings (SSSR count). The van der Waals surface area contributed by atoms with E-state index in [0.29, 0.717) is 12.1 Å². The van der Waals surface area contributed by atoms with Crippen molar-refractivity contribution in [3.8, 4) is 0 Å². The minimum atomic E-state index is 0.368. The maximum atomic E-state index is 5.51. The molecule has 0 amide bonds. The summed E-state index contributed by atoms with van der Waals surface area (Å²) in [6.45, 7) is 8.06. The minimum absolute atomic E-state index is 0.368. The second-order valence-electron chi connectivity index (χ2n) is 4.82. The average molecular weight is 229 g/mol. The lowest BCUT2D eigenvalue weighted by molar-refractivity contribution is 0.0759. The van der Waals surface area contributed by atoms with E-state index in [1.54, 1.807) is 0 Å². The molecule has 0 aliphatic carbocycles. The van der Waals surface area contributed by atoms with Gasteiger partial charge in [-0.3, -0.25) is 0 Å². The third-order valence-corrected chi connectivity index (χ3v) is 2.91. The van der Waals surface area contributed by atoms with Gasteiger partial charge in [0.1, 0.15) is 0 Å². The van der Waals surface area contributed by atoms with E-state index in [2.05, 4.69) is 19.2 Å². The van der Waals surface area contributed by atoms with Crippen LogP contribution >= 0.6 is 0 Å². The Bertz CT molecular complexity index is 154. The molecule has 0 aromatic carbocycles. The largest absolute Gasteiger partial charge is 0.381 e. The normalized spacial score (nSPS) is 22.3. The molecule has 0 saturated carbocycles. The molecule has 3 nitrogen and oxygen atoms in total. The van der Waals surface area contributed by atoms with Gasteiger partial charge in [0.05, 0.1) is 6.10 Å². The molecule has 1 unspecified atom stereocenters. The Labute approximate surface area is 99.9 Å². The van der Waals surface area contributed by atoms with Gasteiger partial charge in [0.15, 0.2) is 0 Å². The van der Waals surface area contributed by atoms with Crippen molar-refractivity contribution in [3.05, 3.63) is 0 Å². The molecule has 16 heavy (non-hydrogen) atoms. The highest BCUT2D eigenvalue weighted by atomic mass is 16.5. The third kappa shape index (κ3) is 7.20. The van der Waals surface area contributed by atoms with E-state index in [1.165, 1.54) is 25.7 Å². The highest BCUT2D eigenvalue weighted by molar-refractivity contribution is 4.68. The van der Waals surface area contributed by atoms with Crippen LogP contribution in [0.1, 0.15) is 46.0 Å². The van der Waals surface area contributed by atoms with Crippen LogP contribution in [0.3, 0.4) is 0 Å². The first-order valence-electron chi connectivity index (χ1n) is 6.72. The fourth-order valence-corrected chi connectivity index (χ4v) is 1.96. The summed E-state index contributed by atoms with van der Waals surface area (Å²) in [6.07, 6.45) is 6.38. The predicted molar refractivity (Wildman–Crippen MR) is 66.8 cm³/mol. The predicted octanol–water partition coefficient (Wildman–Crippen LogP) is 2.35. The lowest BCUT2D eigenvalue weighted by atomic mass is 10.1. The standard InChI is InChI=1S/C13H27NO2/c1-12(2)16-10-4-3-8-14-13-6-5-9-15-11-7-13/h12-14H,3-11H2,1-2H3. The molecule has 1 atom stereocenters. The molecule has 0 spiro atoms. The molecule has 1 aliphatic heterocycles. The first-order chi connectivity index (χ1) is 7.79. The number of nitrogens with one attached hydrogen (secondary N) is 1. The van der Waals surface area contributed by atoms with Crippen molar-refractivity contribution in [2.45, 2.75) is 58.1 Å². The summed E-state index contributed by atoms with van der Waals surface area (Å²) < 4.78 is 10.9. The van der Waals surface area contributed by atoms with Crippen LogP contribution in [0.4, 0.5) is 0 Å². The first-order valence-corrected chi connectivity index (χ1v) is 6.72. The third-order valence-electron chi connectivity index (χ3n) is 2.91. The molecular formula is C13H27NO2. The Kier molecular flexibility index (Phi) is 7.81. The molecule has 0 bridgehead atoms. The Hall–Kier alpha value is -0.120. The highest BCUT2D eigenvalue weighted by Crippen LogP contribution is 2.08. The number of hydrogen-bond acceptors (Lipinski definition) is 3. The summed E-state index contributed by atoms with van der Waals surface area (Å²) in [5.74, 6) is 0. The summed E-state index contributed by atoms with van der Waals surface area (Å²) in [7, 11) is 0. The maximum absolute atomic E-state index is 5.51. The number of unbranched alkanes of at least 4 members (excludes halogenated alkanes) is 1. The van der Waals surface area contributed by atoms with Gasteiger partial charge in [0.2, 0.25) is 0 Å². The van der Waals surface area contributed by atoms with Gasteiger partial charge < -0.3 is 14.8 Å². The SMILES string of the molecule is CC(C)OCCCCNC1CCCOCC1. The Balaban J connectivity index is 1.89. The quantitative estimate of drug-likeness (QED) is 0.680. The van der Waals surface area contributed by atoms with Crippen molar-refractivity contribution in [1.82, 2.24) is 5.32 Å². The maximum Gasteiger partial charge on any atom is 0.0518 e. The smallest absolute Gasteiger partial charge is 0.0518 e. The van der Waals surface area contributed by atoms with E-state index in [0.717, 1.165) is 32.8 Å². The monoisotopic (exact) mass is 229 g/mol. The van der Waals surface area contributed by atoms with E-state index in [4.69, 9.17) is 9.47 Å². The van der Waals surface area contributed by atoms with Crippen molar-refractivity contribution in [1.29, 1.82) is 0 Å². The van der Waals surface area contributed by atoms with Gasteiger partial charge in [-0.2, -0.15) is 0 Å². The van der Waals surface area contributed by atoms with Crippen LogP contribution in [0, 0.1) is 0 Å². The Morgan fingerprint density at radius 2 is 2.12 bits per heavy atom. The van der Waals surface area contributed by atoms with Crippen molar-refractivity contribution in [2.24, 2.45) is 0 Å². The fourth-order valence-electron chi connectivity index (χ4n) is 1.96. The zero-order chi connectivity index (χ0) is 11.6. The molecule has 1 aliphatic rings. The lowest BCUT2D eigenvalue weighted by Gasteiger charge is -2.15. The van der Waals surface area contributed by atoms with E-state index >= 15 is 0 Å². The van der Waals surface area contributed by atoms with Crippen LogP contribution in [0.25, 0.3) is 0 Å². The van der Waals surface area contributed by atoms with Gasteiger partial charge in [-0.15, -0.1) is 0 Å². The van der Waals surface area contributed by atoms with E-state index in [9.17, 15) is 0 Å². The summed E-state index contributed by atoms with van der Waals surface area (Å²) in [4.78, 5) is 0. The van der Waals surface area contributed by atoms with Gasteiger partial charge in [-0.05, 0) is 52.5 Å². The van der Waals surface area contributed by atoms with Crippen molar-refractivity contribution >= 4 is 0 Å². The zero-order valence-corrected chi connectivity index (χ0v) is 10.8. The van der Waals surface area contributed by atoms with E-state index in [1.807, 2.05) is 0 Å². The number of rotatable bonds is 7. The molecule has 1 N–H and O–H groups in total. The fraction of sp³-hybridized carbons (Fsp3) is 1.00. The summed E-state index contributed by atoms with van der Waals surface area (Å²) >= 11 is 0. The summed E-state index contributed by atoms with van der Waals surface area (Å²) in [6, 6.07) is 0.675. The van der Waals surface area contributed by atoms with E-state index < -0.39 is 0 Å². The van der Waals surface area contributed by atoms with Crippen molar-refractivity contribution in [2.75, 3.05) is 26.4 Å². The molecule has 3 heteroatoms. The van der Waals surface area contributed by atoms with Crippen LogP contribution in [0.5, 0.6) is 0 Å². The van der Waals surface area contributed by atoms with Crippen molar-refractivity contribution in [3.63, 3.8) is 0 Å². The number of hydrogen-bond donors (Lipinski definition) is 1. The summed E-state index contributed by atoms with van der Waals surface area (Å²) in [5, 5.41) is 3.61. The first kappa shape index (κ1) is 13.9. The zero-order valence-electron chi connectivity index (χ0n) is 10.8. The molecule has 1 fully saturated rings. The van der Waals surface area contributed by atoms with Gasteiger partial charge in [0, 0.05) is 25.9 Å². The molecule has 0 radical (unpaired) electrons. The Morgan fingerprint density at radius 1 is 1.25 bits per heavy atom. The molecular weight excluding hydrogens is 202 g/mol. The average Bonchev–Trinajstić information content (AvgIpc) is 2.51. The molecule has 1 heterocycles. The van der Waals surface area contributed by atoms with Crippen LogP contribution in [0.2, 0.25) is 0 Å². The van der Waals surface area contributed by atoms with Crippen LogP contribution < -0.4 is 5.32 Å². The van der Waals surface area contributed by atoms with Crippen molar-refractivity contribution < 1.29 is 9.47 Å². The lowest BCUT2D eigenvalue weighted by Crippen LogP contribution is -2.30. The second kappa shape index (κ2) is 8.97. The van der Waals surface area contributed by atoms with Gasteiger partial charge in [-0.1, -0.05) is 0 Å². The van der Waals surface area contributed by atoms with Gasteiger partial charge >= 0.3 is 0 Å². The minimum Gasteiger partial charge on any atom is -0.381 e. The molecule has 96 valence electrons. The van der Waals surface area contributed by atoms with Gasteiger partial charge in [-0.25, -0.2) is 0 Å². The van der Waals surface area contributed by atoms with Gasteiger partial charge in [0.25, 0.3) is 0 Å². The van der Waals surface area contributed by atoms with Crippen LogP contribution in [-0.4, -0.2) is 38.5 Å².